The van der Waals surface area contributed by atoms with Crippen LogP contribution in [-0.4, -0.2) is 80.6 Å². The lowest BCUT2D eigenvalue weighted by molar-refractivity contribution is -0.887. The lowest BCUT2D eigenvalue weighted by atomic mass is 10.1. The predicted molar refractivity (Wildman–Crippen MR) is 238 cm³/mol. The highest BCUT2D eigenvalue weighted by molar-refractivity contribution is 5.72. The molecule has 1 N–H and O–H groups in total. The zero-order chi connectivity index (χ0) is 42.1. The molecule has 0 aliphatic carbocycles. The number of aliphatic carboxylic acids is 1. The summed E-state index contributed by atoms with van der Waals surface area (Å²) < 4.78 is 17.3. The van der Waals surface area contributed by atoms with Gasteiger partial charge in [-0.05, 0) is 57.8 Å². The molecule has 0 fully saturated rings. The summed E-state index contributed by atoms with van der Waals surface area (Å²) in [5, 5.41) is 9.62. The van der Waals surface area contributed by atoms with Crippen molar-refractivity contribution in [2.45, 2.75) is 193 Å². The van der Waals surface area contributed by atoms with Gasteiger partial charge in [0.15, 0.2) is 12.1 Å². The van der Waals surface area contributed by atoms with Crippen LogP contribution in [0, 0.1) is 0 Å². The summed E-state index contributed by atoms with van der Waals surface area (Å²) in [6.07, 6.45) is 48.3. The van der Waals surface area contributed by atoms with Gasteiger partial charge in [-0.1, -0.05) is 164 Å². The number of carbonyl (C=O) groups is 3. The van der Waals surface area contributed by atoms with Gasteiger partial charge in [0.1, 0.15) is 6.61 Å². The van der Waals surface area contributed by atoms with Crippen LogP contribution in [0.25, 0.3) is 0 Å². The van der Waals surface area contributed by atoms with Crippen molar-refractivity contribution in [3.8, 4) is 0 Å². The number of rotatable bonds is 40. The maximum absolute atomic E-state index is 12.7. The van der Waals surface area contributed by atoms with Crippen molar-refractivity contribution in [1.29, 1.82) is 0 Å². The summed E-state index contributed by atoms with van der Waals surface area (Å²) in [6, 6.07) is -0.618. The number of carboxylic acid groups (broad SMARTS) is 1. The van der Waals surface area contributed by atoms with Crippen LogP contribution in [0.15, 0.2) is 60.8 Å². The fourth-order valence-electron chi connectivity index (χ4n) is 6.41. The normalized spacial score (nSPS) is 13.5. The van der Waals surface area contributed by atoms with Crippen LogP contribution in [0.3, 0.4) is 0 Å². The first-order valence-corrected chi connectivity index (χ1v) is 22.8. The molecule has 0 amide bonds. The molecular formula is C49H86NO7+. The zero-order valence-electron chi connectivity index (χ0n) is 37.3. The molecule has 328 valence electrons. The van der Waals surface area contributed by atoms with Crippen molar-refractivity contribution >= 4 is 17.9 Å². The minimum absolute atomic E-state index is 0.0544. The fourth-order valence-corrected chi connectivity index (χ4v) is 6.41. The summed E-state index contributed by atoms with van der Waals surface area (Å²) >= 11 is 0. The third-order valence-corrected chi connectivity index (χ3v) is 9.93. The van der Waals surface area contributed by atoms with E-state index in [4.69, 9.17) is 14.2 Å². The highest BCUT2D eigenvalue weighted by Crippen LogP contribution is 2.14. The number of unbranched alkanes of at least 4 members (excludes halogenated alkanes) is 16. The molecule has 2 unspecified atom stereocenters. The Balaban J connectivity index is 4.32. The molecule has 0 radical (unpaired) electrons. The van der Waals surface area contributed by atoms with E-state index in [9.17, 15) is 19.5 Å². The highest BCUT2D eigenvalue weighted by Gasteiger charge is 2.31. The summed E-state index contributed by atoms with van der Waals surface area (Å²) in [6.45, 7) is 4.60. The third-order valence-electron chi connectivity index (χ3n) is 9.93. The number of allylic oxidation sites excluding steroid dienone is 10. The molecule has 2 atom stereocenters. The van der Waals surface area contributed by atoms with Gasteiger partial charge in [-0.3, -0.25) is 9.59 Å². The number of likely N-dealkylation sites (N-methyl/N-ethyl adjacent to an activating group) is 1. The number of hydrogen-bond donors (Lipinski definition) is 1. The van der Waals surface area contributed by atoms with Gasteiger partial charge < -0.3 is 23.8 Å². The first-order valence-electron chi connectivity index (χ1n) is 22.8. The Morgan fingerprint density at radius 2 is 0.982 bits per heavy atom. The molecule has 57 heavy (non-hydrogen) atoms. The molecule has 0 aliphatic rings. The molecule has 8 nitrogen and oxygen atoms in total. The van der Waals surface area contributed by atoms with Crippen LogP contribution in [0.1, 0.15) is 181 Å². The van der Waals surface area contributed by atoms with Crippen LogP contribution in [0.5, 0.6) is 0 Å². The Kier molecular flexibility index (Phi) is 37.8. The molecule has 0 aromatic rings. The first-order chi connectivity index (χ1) is 27.6. The second-order valence-corrected chi connectivity index (χ2v) is 16.3. The van der Waals surface area contributed by atoms with Crippen molar-refractivity contribution in [2.75, 3.05) is 41.0 Å². The van der Waals surface area contributed by atoms with Crippen molar-refractivity contribution in [1.82, 2.24) is 0 Å². The number of esters is 2. The van der Waals surface area contributed by atoms with Crippen LogP contribution in [0.4, 0.5) is 0 Å². The average Bonchev–Trinajstić information content (AvgIpc) is 3.17. The monoisotopic (exact) mass is 801 g/mol. The zero-order valence-corrected chi connectivity index (χ0v) is 37.3. The Labute approximate surface area is 349 Å². The Morgan fingerprint density at radius 3 is 1.46 bits per heavy atom. The number of nitrogens with zero attached hydrogens (tertiary/aromatic N) is 1. The van der Waals surface area contributed by atoms with Crippen molar-refractivity contribution in [3.63, 3.8) is 0 Å². The Hall–Kier alpha value is -2.97. The van der Waals surface area contributed by atoms with E-state index in [0.29, 0.717) is 19.3 Å². The van der Waals surface area contributed by atoms with Gasteiger partial charge in [0.2, 0.25) is 0 Å². The predicted octanol–water partition coefficient (Wildman–Crippen LogP) is 12.6. The number of carbonyl (C=O) groups excluding carboxylic acids is 2. The minimum atomic E-state index is -0.879. The number of hydrogen-bond acceptors (Lipinski definition) is 6. The molecule has 0 bridgehead atoms. The van der Waals surface area contributed by atoms with Gasteiger partial charge >= 0.3 is 17.9 Å². The maximum Gasteiger partial charge on any atom is 0.362 e. The summed E-state index contributed by atoms with van der Waals surface area (Å²) in [5.74, 6) is -1.49. The molecule has 0 saturated carbocycles. The van der Waals surface area contributed by atoms with E-state index in [0.717, 1.165) is 83.5 Å². The van der Waals surface area contributed by atoms with Crippen molar-refractivity contribution in [2.24, 2.45) is 0 Å². The lowest BCUT2D eigenvalue weighted by Crippen LogP contribution is -2.50. The summed E-state index contributed by atoms with van der Waals surface area (Å²) in [4.78, 5) is 37.0. The van der Waals surface area contributed by atoms with Gasteiger partial charge in [-0.25, -0.2) is 4.79 Å². The quantitative estimate of drug-likeness (QED) is 0.0285. The number of carboxylic acids is 1. The summed E-state index contributed by atoms with van der Waals surface area (Å²) in [7, 11) is 5.52. The van der Waals surface area contributed by atoms with E-state index < -0.39 is 18.1 Å². The molecule has 0 aromatic heterocycles. The SMILES string of the molecule is CC/C=C/C/C=C/C/C=C/C/C=C/C/C=C/CCCCCCCCC(=O)OC(COCCC(C(=O)O)[N+](C)(C)C)COC(=O)CCCCCCCCCCCCC. The number of ether oxygens (including phenoxy) is 3. The minimum Gasteiger partial charge on any atom is -0.477 e. The molecular weight excluding hydrogens is 715 g/mol. The molecule has 0 heterocycles. The Bertz CT molecular complexity index is 1120. The van der Waals surface area contributed by atoms with Crippen LogP contribution >= 0.6 is 0 Å². The Morgan fingerprint density at radius 1 is 0.544 bits per heavy atom. The molecule has 0 aliphatic heterocycles. The largest absolute Gasteiger partial charge is 0.477 e. The van der Waals surface area contributed by atoms with Crippen LogP contribution in [0.2, 0.25) is 0 Å². The van der Waals surface area contributed by atoms with Crippen molar-refractivity contribution < 1.29 is 38.2 Å². The van der Waals surface area contributed by atoms with Gasteiger partial charge in [-0.15, -0.1) is 0 Å². The fraction of sp³-hybridized carbons (Fsp3) is 0.735. The highest BCUT2D eigenvalue weighted by atomic mass is 16.6. The van der Waals surface area contributed by atoms with Gasteiger partial charge in [-0.2, -0.15) is 0 Å². The summed E-state index contributed by atoms with van der Waals surface area (Å²) in [5.41, 5.74) is 0. The van der Waals surface area contributed by atoms with E-state index >= 15 is 0 Å². The van der Waals surface area contributed by atoms with Crippen LogP contribution in [-0.2, 0) is 28.6 Å². The van der Waals surface area contributed by atoms with E-state index in [-0.39, 0.29) is 36.2 Å². The lowest BCUT2D eigenvalue weighted by Gasteiger charge is -2.31. The molecule has 8 heteroatoms. The molecule has 0 aromatic carbocycles. The molecule has 0 saturated heterocycles. The third kappa shape index (κ3) is 38.3. The van der Waals surface area contributed by atoms with Gasteiger partial charge in [0.25, 0.3) is 0 Å². The first kappa shape index (κ1) is 54.0. The molecule has 0 spiro atoms. The van der Waals surface area contributed by atoms with Gasteiger partial charge in [0.05, 0.1) is 34.4 Å². The second kappa shape index (κ2) is 39.8. The van der Waals surface area contributed by atoms with Crippen molar-refractivity contribution in [3.05, 3.63) is 60.8 Å². The topological polar surface area (TPSA) is 99.1 Å². The molecule has 0 rings (SSSR count). The number of quaternary nitrogens is 1. The second-order valence-electron chi connectivity index (χ2n) is 16.3. The standard InChI is InChI=1S/C49H85NO7/c1-6-8-10-12-14-16-18-19-20-21-22-23-24-25-26-27-28-30-32-34-36-38-40-48(52)57-45(43-55-42-41-46(49(53)54)50(3,4)5)44-56-47(51)39-37-35-33-31-29-17-15-13-11-9-7-2/h8,10,14,16,19-20,22-23,25-26,45-46H,6-7,9,11-13,15,17-18,21,24,27-44H2,1-5H3/p+1/b10-8+,16-14+,20-19+,23-22+,26-25+. The van der Waals surface area contributed by atoms with E-state index in [1.807, 2.05) is 21.1 Å². The van der Waals surface area contributed by atoms with E-state index in [1.54, 1.807) is 0 Å². The average molecular weight is 801 g/mol. The van der Waals surface area contributed by atoms with Gasteiger partial charge in [0, 0.05) is 19.3 Å². The smallest absolute Gasteiger partial charge is 0.362 e. The maximum atomic E-state index is 12.7. The van der Waals surface area contributed by atoms with E-state index in [2.05, 4.69) is 74.6 Å². The van der Waals surface area contributed by atoms with E-state index in [1.165, 1.54) is 64.2 Å². The van der Waals surface area contributed by atoms with Crippen LogP contribution < -0.4 is 0 Å².